The molecule has 1 aliphatic heterocycles. The highest BCUT2D eigenvalue weighted by atomic mass is 19.1. The summed E-state index contributed by atoms with van der Waals surface area (Å²) in [5, 5.41) is 0. The van der Waals surface area contributed by atoms with Crippen molar-refractivity contribution in [3.8, 4) is 0 Å². The van der Waals surface area contributed by atoms with E-state index in [-0.39, 0.29) is 17.0 Å². The first-order valence-corrected chi connectivity index (χ1v) is 6.36. The van der Waals surface area contributed by atoms with Crippen molar-refractivity contribution in [2.75, 3.05) is 6.54 Å². The zero-order valence-corrected chi connectivity index (χ0v) is 10.7. The van der Waals surface area contributed by atoms with Gasteiger partial charge in [-0.15, -0.1) is 0 Å². The minimum atomic E-state index is -0.505. The normalized spacial score (nSPS) is 13.8. The number of benzene rings is 2. The Hall–Kier alpha value is -2.49. The molecule has 0 N–H and O–H groups in total. The van der Waals surface area contributed by atoms with Gasteiger partial charge in [-0.2, -0.15) is 0 Å². The third-order valence-corrected chi connectivity index (χ3v) is 3.40. The van der Waals surface area contributed by atoms with Crippen molar-refractivity contribution < 1.29 is 14.0 Å². The van der Waals surface area contributed by atoms with Gasteiger partial charge < -0.3 is 0 Å². The van der Waals surface area contributed by atoms with E-state index < -0.39 is 11.7 Å². The lowest BCUT2D eigenvalue weighted by molar-refractivity contribution is 0.0656. The van der Waals surface area contributed by atoms with Gasteiger partial charge in [-0.3, -0.25) is 14.5 Å². The average molecular weight is 269 g/mol. The van der Waals surface area contributed by atoms with Crippen molar-refractivity contribution in [2.45, 2.75) is 6.42 Å². The smallest absolute Gasteiger partial charge is 0.261 e. The number of halogens is 1. The fourth-order valence-electron chi connectivity index (χ4n) is 2.35. The summed E-state index contributed by atoms with van der Waals surface area (Å²) in [5.74, 6) is -1.27. The lowest BCUT2D eigenvalue weighted by Crippen LogP contribution is -2.31. The van der Waals surface area contributed by atoms with Crippen LogP contribution in [0.2, 0.25) is 0 Å². The molecule has 0 unspecified atom stereocenters. The van der Waals surface area contributed by atoms with Crippen LogP contribution in [0.4, 0.5) is 4.39 Å². The second-order valence-electron chi connectivity index (χ2n) is 4.69. The Morgan fingerprint density at radius 3 is 2.35 bits per heavy atom. The van der Waals surface area contributed by atoms with Gasteiger partial charge >= 0.3 is 0 Å². The molecule has 100 valence electrons. The molecule has 2 amide bonds. The first kappa shape index (κ1) is 12.5. The molecule has 0 atom stereocenters. The summed E-state index contributed by atoms with van der Waals surface area (Å²) in [6.45, 7) is 0.304. The predicted octanol–water partition coefficient (Wildman–Crippen LogP) is 2.66. The van der Waals surface area contributed by atoms with Crippen molar-refractivity contribution in [3.63, 3.8) is 0 Å². The Morgan fingerprint density at radius 1 is 0.900 bits per heavy atom. The van der Waals surface area contributed by atoms with Gasteiger partial charge in [0.2, 0.25) is 0 Å². The molecule has 0 fully saturated rings. The molecule has 4 heteroatoms. The van der Waals surface area contributed by atoms with Gasteiger partial charge in [0.1, 0.15) is 5.82 Å². The molecule has 0 bridgehead atoms. The van der Waals surface area contributed by atoms with Gasteiger partial charge in [-0.1, -0.05) is 30.3 Å². The quantitative estimate of drug-likeness (QED) is 0.803. The maximum absolute atomic E-state index is 13.2. The van der Waals surface area contributed by atoms with Gasteiger partial charge in [0, 0.05) is 6.54 Å². The predicted molar refractivity (Wildman–Crippen MR) is 71.9 cm³/mol. The lowest BCUT2D eigenvalue weighted by atomic mass is 10.1. The summed E-state index contributed by atoms with van der Waals surface area (Å²) in [4.78, 5) is 25.4. The van der Waals surface area contributed by atoms with Crippen molar-refractivity contribution >= 4 is 11.8 Å². The van der Waals surface area contributed by atoms with E-state index in [1.54, 1.807) is 0 Å². The Labute approximate surface area is 115 Å². The van der Waals surface area contributed by atoms with Crippen LogP contribution in [0, 0.1) is 5.82 Å². The largest absolute Gasteiger partial charge is 0.274 e. The number of hydrogen-bond donors (Lipinski definition) is 0. The fraction of sp³-hybridized carbons (Fsp3) is 0.125. The Morgan fingerprint density at radius 2 is 1.60 bits per heavy atom. The van der Waals surface area contributed by atoms with E-state index in [0.29, 0.717) is 13.0 Å². The van der Waals surface area contributed by atoms with Gasteiger partial charge in [0.05, 0.1) is 11.1 Å². The Balaban J connectivity index is 1.80. The molecule has 1 aliphatic rings. The van der Waals surface area contributed by atoms with Crippen molar-refractivity contribution in [1.82, 2.24) is 4.90 Å². The molecule has 2 aromatic rings. The topological polar surface area (TPSA) is 37.4 Å². The molecule has 20 heavy (non-hydrogen) atoms. The molecule has 0 aromatic heterocycles. The average Bonchev–Trinajstić information content (AvgIpc) is 2.70. The van der Waals surface area contributed by atoms with Gasteiger partial charge in [0.15, 0.2) is 0 Å². The maximum atomic E-state index is 13.2. The third kappa shape index (κ3) is 2.09. The lowest BCUT2D eigenvalue weighted by Gasteiger charge is -2.13. The van der Waals surface area contributed by atoms with Gasteiger partial charge in [-0.25, -0.2) is 4.39 Å². The van der Waals surface area contributed by atoms with Crippen LogP contribution in [0.5, 0.6) is 0 Å². The van der Waals surface area contributed by atoms with E-state index in [9.17, 15) is 14.0 Å². The highest BCUT2D eigenvalue weighted by molar-refractivity contribution is 6.21. The van der Waals surface area contributed by atoms with Crippen LogP contribution in [0.3, 0.4) is 0 Å². The second kappa shape index (κ2) is 4.89. The van der Waals surface area contributed by atoms with Crippen LogP contribution in [0.25, 0.3) is 0 Å². The van der Waals surface area contributed by atoms with E-state index in [1.165, 1.54) is 17.0 Å². The van der Waals surface area contributed by atoms with Crippen molar-refractivity contribution in [3.05, 3.63) is 71.0 Å². The van der Waals surface area contributed by atoms with Gasteiger partial charge in [0.25, 0.3) is 11.8 Å². The number of fused-ring (bicyclic) bond motifs is 1. The zero-order chi connectivity index (χ0) is 14.1. The van der Waals surface area contributed by atoms with Crippen LogP contribution in [-0.2, 0) is 6.42 Å². The summed E-state index contributed by atoms with van der Waals surface area (Å²) in [5.41, 5.74) is 1.49. The summed E-state index contributed by atoms with van der Waals surface area (Å²) in [7, 11) is 0. The second-order valence-corrected chi connectivity index (χ2v) is 4.69. The maximum Gasteiger partial charge on any atom is 0.261 e. The molecule has 3 rings (SSSR count). The molecule has 3 nitrogen and oxygen atoms in total. The molecule has 0 radical (unpaired) electrons. The van der Waals surface area contributed by atoms with Crippen molar-refractivity contribution in [2.24, 2.45) is 0 Å². The zero-order valence-electron chi connectivity index (χ0n) is 10.7. The Kier molecular flexibility index (Phi) is 3.06. The van der Waals surface area contributed by atoms with Crippen molar-refractivity contribution in [1.29, 1.82) is 0 Å². The van der Waals surface area contributed by atoms with E-state index in [2.05, 4.69) is 0 Å². The van der Waals surface area contributed by atoms with E-state index >= 15 is 0 Å². The number of nitrogens with zero attached hydrogens (tertiary/aromatic N) is 1. The number of amides is 2. The van der Waals surface area contributed by atoms with Crippen LogP contribution in [0.1, 0.15) is 26.3 Å². The SMILES string of the molecule is O=C1c2ccc(F)cc2C(=O)N1CCc1ccccc1. The number of carbonyl (C=O) groups is 2. The van der Waals surface area contributed by atoms with Crippen LogP contribution in [-0.4, -0.2) is 23.3 Å². The molecule has 0 saturated heterocycles. The minimum Gasteiger partial charge on any atom is -0.274 e. The highest BCUT2D eigenvalue weighted by Crippen LogP contribution is 2.23. The first-order chi connectivity index (χ1) is 9.66. The van der Waals surface area contributed by atoms with E-state index in [0.717, 1.165) is 11.6 Å². The molecule has 0 saturated carbocycles. The summed E-state index contributed by atoms with van der Waals surface area (Å²) >= 11 is 0. The monoisotopic (exact) mass is 269 g/mol. The van der Waals surface area contributed by atoms with E-state index in [4.69, 9.17) is 0 Å². The molecule has 2 aromatic carbocycles. The van der Waals surface area contributed by atoms with E-state index in [1.807, 2.05) is 30.3 Å². The molecule has 0 spiro atoms. The van der Waals surface area contributed by atoms with Crippen LogP contribution >= 0.6 is 0 Å². The summed E-state index contributed by atoms with van der Waals surface area (Å²) in [6.07, 6.45) is 0.592. The molecule has 1 heterocycles. The number of hydrogen-bond acceptors (Lipinski definition) is 2. The summed E-state index contributed by atoms with van der Waals surface area (Å²) in [6, 6.07) is 13.3. The molecular formula is C16H12FNO2. The van der Waals surface area contributed by atoms with Crippen LogP contribution < -0.4 is 0 Å². The Bertz CT molecular complexity index is 682. The summed E-state index contributed by atoms with van der Waals surface area (Å²) < 4.78 is 13.2. The highest BCUT2D eigenvalue weighted by Gasteiger charge is 2.35. The standard InChI is InChI=1S/C16H12FNO2/c17-12-6-7-13-14(10-12)16(20)18(15(13)19)9-8-11-4-2-1-3-5-11/h1-7,10H,8-9H2. The fourth-order valence-corrected chi connectivity index (χ4v) is 2.35. The number of carbonyl (C=O) groups excluding carboxylic acids is 2. The van der Waals surface area contributed by atoms with Gasteiger partial charge in [-0.05, 0) is 30.2 Å². The third-order valence-electron chi connectivity index (χ3n) is 3.40. The first-order valence-electron chi connectivity index (χ1n) is 6.36. The number of rotatable bonds is 3. The van der Waals surface area contributed by atoms with Crippen LogP contribution in [0.15, 0.2) is 48.5 Å². The number of imide groups is 1. The minimum absolute atomic E-state index is 0.156. The molecular weight excluding hydrogens is 257 g/mol. The molecule has 0 aliphatic carbocycles.